The molecule has 62 heavy (non-hydrogen) atoms. The Morgan fingerprint density at radius 3 is 1.87 bits per heavy atom. The zero-order chi connectivity index (χ0) is 42.9. The second-order valence-electron chi connectivity index (χ2n) is 18.8. The largest absolute Gasteiger partial charge is 0.341 e. The van der Waals surface area contributed by atoms with E-state index in [4.69, 9.17) is 0 Å². The predicted octanol–water partition coefficient (Wildman–Crippen LogP) is 15.9. The van der Waals surface area contributed by atoms with Gasteiger partial charge in [0.25, 0.3) is 0 Å². The topological polar surface area (TPSA) is 13.0 Å². The molecule has 7 aromatic rings. The Morgan fingerprint density at radius 2 is 1.13 bits per heavy atom. The average molecular weight is 813 g/mol. The minimum atomic E-state index is -0.0408. The Hall–Kier alpha value is -6.26. The van der Waals surface area contributed by atoms with E-state index < -0.39 is 0 Å². The SMILES string of the molecule is Cc1cc(N(c2ccccc2C)c2cc(N(c3ccc4c(c3)CCN4c3ccccc3)c3ccccc3C)ccc2C)c(C)c(N2c3c(C)cccc3C3(C)CCCCC23C)c1. The molecule has 1 saturated carbocycles. The summed E-state index contributed by atoms with van der Waals surface area (Å²) in [4.78, 5) is 10.3. The van der Waals surface area contributed by atoms with Gasteiger partial charge in [0, 0.05) is 57.5 Å². The summed E-state index contributed by atoms with van der Waals surface area (Å²) in [5.74, 6) is 0. The monoisotopic (exact) mass is 812 g/mol. The summed E-state index contributed by atoms with van der Waals surface area (Å²) in [6.07, 6.45) is 5.92. The number of fused-ring (bicyclic) bond motifs is 4. The van der Waals surface area contributed by atoms with E-state index in [1.54, 1.807) is 0 Å². The summed E-state index contributed by atoms with van der Waals surface area (Å²) >= 11 is 0. The van der Waals surface area contributed by atoms with Crippen LogP contribution in [0.15, 0.2) is 146 Å². The van der Waals surface area contributed by atoms with Gasteiger partial charge in [0.15, 0.2) is 0 Å². The van der Waals surface area contributed by atoms with Crippen LogP contribution >= 0.6 is 0 Å². The van der Waals surface area contributed by atoms with Crippen molar-refractivity contribution in [2.45, 2.75) is 98.4 Å². The molecule has 2 unspecified atom stereocenters. The molecule has 0 aromatic heterocycles. The van der Waals surface area contributed by atoms with Crippen LogP contribution in [-0.2, 0) is 11.8 Å². The maximum Gasteiger partial charge on any atom is 0.0518 e. The number of benzene rings is 7. The number of hydrogen-bond donors (Lipinski definition) is 0. The zero-order valence-electron chi connectivity index (χ0n) is 37.9. The number of hydrogen-bond acceptors (Lipinski definition) is 4. The number of aryl methyl sites for hydroxylation is 5. The van der Waals surface area contributed by atoms with Gasteiger partial charge >= 0.3 is 0 Å². The van der Waals surface area contributed by atoms with Crippen molar-refractivity contribution in [3.05, 3.63) is 190 Å². The normalized spacial score (nSPS) is 19.0. The maximum absolute atomic E-state index is 2.79. The van der Waals surface area contributed by atoms with Crippen molar-refractivity contribution in [2.24, 2.45) is 0 Å². The summed E-state index contributed by atoms with van der Waals surface area (Å²) in [7, 11) is 0. The van der Waals surface area contributed by atoms with Crippen LogP contribution in [0.4, 0.5) is 56.9 Å². The zero-order valence-corrected chi connectivity index (χ0v) is 37.9. The molecule has 312 valence electrons. The molecule has 7 aromatic carbocycles. The van der Waals surface area contributed by atoms with Gasteiger partial charge in [-0.3, -0.25) is 0 Å². The fourth-order valence-electron chi connectivity index (χ4n) is 11.4. The van der Waals surface area contributed by atoms with Gasteiger partial charge in [0.1, 0.15) is 0 Å². The van der Waals surface area contributed by atoms with Gasteiger partial charge in [0.05, 0.1) is 16.9 Å². The van der Waals surface area contributed by atoms with E-state index in [0.717, 1.165) is 18.7 Å². The minimum absolute atomic E-state index is 0.0408. The first-order chi connectivity index (χ1) is 30.0. The molecule has 10 rings (SSSR count). The molecule has 4 heteroatoms. The highest BCUT2D eigenvalue weighted by molar-refractivity contribution is 5.91. The fourth-order valence-corrected chi connectivity index (χ4v) is 11.4. The van der Waals surface area contributed by atoms with E-state index in [0.29, 0.717) is 0 Å². The number of para-hydroxylation sites is 4. The molecule has 0 radical (unpaired) electrons. The quantitative estimate of drug-likeness (QED) is 0.152. The van der Waals surface area contributed by atoms with Crippen molar-refractivity contribution in [2.75, 3.05) is 26.1 Å². The molecule has 0 saturated heterocycles. The summed E-state index contributed by atoms with van der Waals surface area (Å²) in [5.41, 5.74) is 22.9. The molecule has 0 bridgehead atoms. The van der Waals surface area contributed by atoms with E-state index >= 15 is 0 Å². The lowest BCUT2D eigenvalue weighted by molar-refractivity contribution is 0.195. The van der Waals surface area contributed by atoms with Crippen LogP contribution in [0, 0.1) is 41.5 Å². The highest BCUT2D eigenvalue weighted by atomic mass is 15.3. The highest BCUT2D eigenvalue weighted by Crippen LogP contribution is 2.62. The fraction of sp³-hybridized carbons (Fsp3) is 0.276. The van der Waals surface area contributed by atoms with Crippen LogP contribution in [0.5, 0.6) is 0 Å². The van der Waals surface area contributed by atoms with E-state index in [-0.39, 0.29) is 11.0 Å². The van der Waals surface area contributed by atoms with Crippen molar-refractivity contribution in [1.82, 2.24) is 0 Å². The highest BCUT2D eigenvalue weighted by Gasteiger charge is 2.58. The van der Waals surface area contributed by atoms with Gasteiger partial charge in [-0.2, -0.15) is 0 Å². The number of nitrogens with zero attached hydrogens (tertiary/aromatic N) is 4. The lowest BCUT2D eigenvalue weighted by Crippen LogP contribution is -2.54. The summed E-state index contributed by atoms with van der Waals surface area (Å²) in [6.45, 7) is 19.8. The number of anilines is 10. The maximum atomic E-state index is 2.79. The van der Waals surface area contributed by atoms with E-state index in [2.05, 4.69) is 221 Å². The lowest BCUT2D eigenvalue weighted by Gasteiger charge is -2.51. The molecule has 0 amide bonds. The van der Waals surface area contributed by atoms with Crippen molar-refractivity contribution in [1.29, 1.82) is 0 Å². The van der Waals surface area contributed by atoms with Crippen molar-refractivity contribution >= 4 is 56.9 Å². The Bertz CT molecular complexity index is 2840. The molecule has 4 nitrogen and oxygen atoms in total. The van der Waals surface area contributed by atoms with Crippen LogP contribution in [0.1, 0.15) is 84.0 Å². The molecule has 2 aliphatic heterocycles. The van der Waals surface area contributed by atoms with Gasteiger partial charge in [-0.15, -0.1) is 0 Å². The first-order valence-electron chi connectivity index (χ1n) is 22.8. The molecule has 1 fully saturated rings. The van der Waals surface area contributed by atoms with Gasteiger partial charge in [0.2, 0.25) is 0 Å². The van der Waals surface area contributed by atoms with Crippen LogP contribution in [-0.4, -0.2) is 12.1 Å². The molecular weight excluding hydrogens is 753 g/mol. The Balaban J connectivity index is 1.16. The minimum Gasteiger partial charge on any atom is -0.341 e. The average Bonchev–Trinajstić information content (AvgIpc) is 3.79. The van der Waals surface area contributed by atoms with E-state index in [1.807, 2.05) is 0 Å². The lowest BCUT2D eigenvalue weighted by atomic mass is 9.61. The first-order valence-corrected chi connectivity index (χ1v) is 22.8. The molecule has 0 N–H and O–H groups in total. The third-order valence-electron chi connectivity index (χ3n) is 15.0. The molecule has 2 heterocycles. The molecule has 0 spiro atoms. The van der Waals surface area contributed by atoms with Crippen molar-refractivity contribution in [3.63, 3.8) is 0 Å². The van der Waals surface area contributed by atoms with Crippen LogP contribution in [0.2, 0.25) is 0 Å². The van der Waals surface area contributed by atoms with Crippen LogP contribution in [0.3, 0.4) is 0 Å². The van der Waals surface area contributed by atoms with Crippen molar-refractivity contribution < 1.29 is 0 Å². The third-order valence-corrected chi connectivity index (χ3v) is 15.0. The van der Waals surface area contributed by atoms with Gasteiger partial charge in [-0.25, -0.2) is 0 Å². The Labute approximate surface area is 370 Å². The van der Waals surface area contributed by atoms with Crippen LogP contribution < -0.4 is 19.6 Å². The van der Waals surface area contributed by atoms with Gasteiger partial charge in [-0.1, -0.05) is 98.6 Å². The Kier molecular flexibility index (Phi) is 9.82. The van der Waals surface area contributed by atoms with Gasteiger partial charge < -0.3 is 19.6 Å². The van der Waals surface area contributed by atoms with Crippen LogP contribution in [0.25, 0.3) is 0 Å². The first kappa shape index (κ1) is 39.9. The predicted molar refractivity (Wildman–Crippen MR) is 264 cm³/mol. The van der Waals surface area contributed by atoms with Crippen molar-refractivity contribution in [3.8, 4) is 0 Å². The second-order valence-corrected chi connectivity index (χ2v) is 18.8. The molecule has 3 aliphatic rings. The Morgan fingerprint density at radius 1 is 0.500 bits per heavy atom. The van der Waals surface area contributed by atoms with E-state index in [1.165, 1.54) is 121 Å². The van der Waals surface area contributed by atoms with E-state index in [9.17, 15) is 0 Å². The third kappa shape index (κ3) is 6.24. The molecule has 2 atom stereocenters. The standard InChI is InChI=1S/C58H60N4/c1-39-35-54(44(6)55(36-39)62-56-43(5)21-18-24-49(56)57(7)32-16-17-33-58(57,62)8)61(51-26-15-13-20-41(51)3)53-38-48(28-27-42(53)4)60(50-25-14-12-19-40(50)2)47-29-30-52-45(37-47)31-34-59(52)46-22-10-9-11-23-46/h9-15,18-30,35-38H,16-17,31-34H2,1-8H3. The summed E-state index contributed by atoms with van der Waals surface area (Å²) in [5, 5.41) is 0. The molecular formula is C58H60N4. The smallest absolute Gasteiger partial charge is 0.0518 e. The summed E-state index contributed by atoms with van der Waals surface area (Å²) < 4.78 is 0. The second kappa shape index (κ2) is 15.3. The summed E-state index contributed by atoms with van der Waals surface area (Å²) in [6, 6.07) is 54.6. The number of rotatable bonds is 8. The van der Waals surface area contributed by atoms with Gasteiger partial charge in [-0.05, 0) is 179 Å². The molecule has 1 aliphatic carbocycles.